The normalized spacial score (nSPS) is 11.8. The number of alkyl halides is 18. The molecule has 0 aliphatic heterocycles. The van der Waals surface area contributed by atoms with Crippen molar-refractivity contribution in [1.82, 2.24) is 0 Å². The van der Waals surface area contributed by atoms with Crippen LogP contribution >= 0.6 is 0 Å². The first kappa shape index (κ1) is 54.6. The maximum absolute atomic E-state index is 11.8. The quantitative estimate of drug-likeness (QED) is 0.293. The molecular weight excluding hydrogens is 546 g/mol. The summed E-state index contributed by atoms with van der Waals surface area (Å²) in [5.74, 6) is -6.77. The maximum atomic E-state index is 11.8. The SMILES string of the molecule is CC(F)(CF)C(F)(F)F.CC(F)(F)CC(F)(F)F.CC(F)(F)CF.CCF.CF.CF.CF.CF. The molecule has 0 fully saturated rings. The van der Waals surface area contributed by atoms with E-state index in [1.165, 1.54) is 6.92 Å². The largest absolute Gasteiger partial charge is 0.424 e. The van der Waals surface area contributed by atoms with Gasteiger partial charge in [-0.15, -0.1) is 0 Å². The molecule has 0 amide bonds. The summed E-state index contributed by atoms with van der Waals surface area (Å²) in [6.07, 6.45) is -11.9. The summed E-state index contributed by atoms with van der Waals surface area (Å²) in [6.45, 7) is -1.45. The van der Waals surface area contributed by atoms with Gasteiger partial charge >= 0.3 is 12.4 Å². The van der Waals surface area contributed by atoms with Gasteiger partial charge in [0.2, 0.25) is 5.67 Å². The van der Waals surface area contributed by atoms with E-state index in [0.29, 0.717) is 35.6 Å². The molecule has 1 atom stereocenters. The lowest BCUT2D eigenvalue weighted by atomic mass is 10.1. The first-order valence-corrected chi connectivity index (χ1v) is 8.26. The Hall–Kier alpha value is -1.26. The molecule has 226 valence electrons. The van der Waals surface area contributed by atoms with Gasteiger partial charge in [-0.1, -0.05) is 0 Å². The van der Waals surface area contributed by atoms with Crippen LogP contribution in [0.4, 0.5) is 79.0 Å². The van der Waals surface area contributed by atoms with E-state index in [-0.39, 0.29) is 20.5 Å². The Morgan fingerprint density at radius 3 is 0.657 bits per heavy atom. The van der Waals surface area contributed by atoms with Crippen LogP contribution in [0.3, 0.4) is 0 Å². The van der Waals surface area contributed by atoms with Gasteiger partial charge in [-0.3, -0.25) is 22.0 Å². The Bertz CT molecular complexity index is 327. The summed E-state index contributed by atoms with van der Waals surface area (Å²) >= 11 is 0. The van der Waals surface area contributed by atoms with Crippen LogP contribution in [0, 0.1) is 0 Å². The van der Waals surface area contributed by atoms with Crippen molar-refractivity contribution in [1.29, 1.82) is 0 Å². The van der Waals surface area contributed by atoms with E-state index in [0.717, 1.165) is 0 Å². The zero-order chi connectivity index (χ0) is 31.3. The molecule has 35 heavy (non-hydrogen) atoms. The minimum Gasteiger partial charge on any atom is -0.255 e. The van der Waals surface area contributed by atoms with E-state index >= 15 is 0 Å². The van der Waals surface area contributed by atoms with Crippen molar-refractivity contribution >= 4 is 0 Å². The zero-order valence-corrected chi connectivity index (χ0v) is 20.1. The van der Waals surface area contributed by atoms with Crippen LogP contribution in [-0.2, 0) is 0 Å². The van der Waals surface area contributed by atoms with Gasteiger partial charge in [0, 0.05) is 6.92 Å². The summed E-state index contributed by atoms with van der Waals surface area (Å²) in [4.78, 5) is 0. The minimum atomic E-state index is -5.10. The van der Waals surface area contributed by atoms with E-state index in [9.17, 15) is 79.0 Å². The van der Waals surface area contributed by atoms with Crippen LogP contribution in [0.25, 0.3) is 0 Å². The van der Waals surface area contributed by atoms with Crippen LogP contribution in [0.1, 0.15) is 34.1 Å². The summed E-state index contributed by atoms with van der Waals surface area (Å²) in [7, 11) is 2.00. The molecule has 0 spiro atoms. The lowest BCUT2D eigenvalue weighted by Gasteiger charge is -2.19. The average Bonchev–Trinajstić information content (AvgIpc) is 2.71. The lowest BCUT2D eigenvalue weighted by molar-refractivity contribution is -0.227. The highest BCUT2D eigenvalue weighted by Crippen LogP contribution is 2.33. The van der Waals surface area contributed by atoms with Gasteiger partial charge in [-0.2, -0.15) is 26.3 Å². The lowest BCUT2D eigenvalue weighted by Crippen LogP contribution is -2.39. The molecule has 0 rings (SSSR count). The van der Waals surface area contributed by atoms with E-state index in [1.54, 1.807) is 0 Å². The molecule has 0 aromatic heterocycles. The molecule has 0 N–H and O–H groups in total. The van der Waals surface area contributed by atoms with Crippen molar-refractivity contribution in [2.45, 2.75) is 64.0 Å². The molecule has 0 nitrogen and oxygen atoms in total. The van der Waals surface area contributed by atoms with Gasteiger partial charge in [-0.05, 0) is 20.8 Å². The van der Waals surface area contributed by atoms with Gasteiger partial charge < -0.3 is 0 Å². The molecule has 0 heterocycles. The Kier molecular flexibility index (Phi) is 48.0. The molecule has 1 unspecified atom stereocenters. The predicted octanol–water partition coefficient (Wildman–Crippen LogP) is 9.77. The molecule has 0 aromatic carbocycles. The van der Waals surface area contributed by atoms with Crippen LogP contribution < -0.4 is 0 Å². The molecule has 18 heteroatoms. The monoisotopic (exact) mass is 578 g/mol. The molecule has 0 aromatic rings. The van der Waals surface area contributed by atoms with E-state index < -0.39 is 49.6 Å². The summed E-state index contributed by atoms with van der Waals surface area (Å²) in [5.41, 5.74) is -3.69. The van der Waals surface area contributed by atoms with Gasteiger partial charge in [0.15, 0.2) is 6.67 Å². The Labute approximate surface area is 193 Å². The Balaban J connectivity index is -0.0000000437. The van der Waals surface area contributed by atoms with Crippen LogP contribution in [0.15, 0.2) is 0 Å². The molecule has 0 aliphatic carbocycles. The second-order valence-corrected chi connectivity index (χ2v) is 5.16. The average molecular weight is 578 g/mol. The fourth-order valence-corrected chi connectivity index (χ4v) is 0.428. The van der Waals surface area contributed by atoms with Gasteiger partial charge in [-0.25, -0.2) is 30.7 Å². The highest BCUT2D eigenvalue weighted by Gasteiger charge is 2.52. The third-order valence-corrected chi connectivity index (χ3v) is 1.59. The molecule has 0 aliphatic rings. The fourth-order valence-electron chi connectivity index (χ4n) is 0.428. The van der Waals surface area contributed by atoms with Crippen LogP contribution in [-0.4, -0.2) is 78.6 Å². The molecule has 0 bridgehead atoms. The fraction of sp³-hybridized carbons (Fsp3) is 1.00. The van der Waals surface area contributed by atoms with Gasteiger partial charge in [0.25, 0.3) is 11.8 Å². The van der Waals surface area contributed by atoms with E-state index in [1.807, 2.05) is 0 Å². The highest BCUT2D eigenvalue weighted by atomic mass is 19.4. The number of hydrogen-bond acceptors (Lipinski definition) is 0. The second-order valence-electron chi connectivity index (χ2n) is 5.16. The van der Waals surface area contributed by atoms with Crippen molar-refractivity contribution in [3.05, 3.63) is 0 Å². The highest BCUT2D eigenvalue weighted by molar-refractivity contribution is 4.80. The molecule has 0 saturated carbocycles. The number of halogens is 18. The topological polar surface area (TPSA) is 0 Å². The van der Waals surface area contributed by atoms with E-state index in [2.05, 4.69) is 0 Å². The minimum absolute atomic E-state index is 0.160. The Morgan fingerprint density at radius 1 is 0.457 bits per heavy atom. The standard InChI is InChI=1S/2C4H5F5.C3H5F3.C2H5F.4CH3F/c1-3(6,2-5)4(7,8)9;1-3(5,6)2-4(7,8)9;1-3(5,6)2-4;1-2-3;4*1-2/h2*2H2,1H3;2H2,1H3;2H2,1H3;4*1H3. The van der Waals surface area contributed by atoms with Crippen molar-refractivity contribution in [3.8, 4) is 0 Å². The van der Waals surface area contributed by atoms with Gasteiger partial charge in [0.05, 0.1) is 35.4 Å². The predicted molar refractivity (Wildman–Crippen MR) is 99.2 cm³/mol. The number of hydrogen-bond donors (Lipinski definition) is 0. The maximum Gasteiger partial charge on any atom is 0.424 e. The number of rotatable bonds is 3. The smallest absolute Gasteiger partial charge is 0.255 e. The van der Waals surface area contributed by atoms with Crippen molar-refractivity contribution in [3.63, 3.8) is 0 Å². The summed E-state index contributed by atoms with van der Waals surface area (Å²) in [5, 5.41) is 0. The Morgan fingerprint density at radius 2 is 0.657 bits per heavy atom. The first-order valence-electron chi connectivity index (χ1n) is 8.26. The molecule has 0 radical (unpaired) electrons. The van der Waals surface area contributed by atoms with E-state index in [4.69, 9.17) is 0 Å². The third kappa shape index (κ3) is 79.4. The van der Waals surface area contributed by atoms with Gasteiger partial charge in [0.1, 0.15) is 13.1 Å². The first-order chi connectivity index (χ1) is 15.5. The van der Waals surface area contributed by atoms with Crippen molar-refractivity contribution < 1.29 is 79.0 Å². The van der Waals surface area contributed by atoms with Crippen molar-refractivity contribution in [2.75, 3.05) is 48.7 Å². The summed E-state index contributed by atoms with van der Waals surface area (Å²) in [6, 6.07) is 0. The summed E-state index contributed by atoms with van der Waals surface area (Å²) < 4.78 is 194. The van der Waals surface area contributed by atoms with Crippen molar-refractivity contribution in [2.24, 2.45) is 0 Å². The van der Waals surface area contributed by atoms with Crippen LogP contribution in [0.2, 0.25) is 0 Å². The third-order valence-electron chi connectivity index (χ3n) is 1.59. The van der Waals surface area contributed by atoms with Crippen LogP contribution in [0.5, 0.6) is 0 Å². The molecule has 0 saturated heterocycles. The molecular formula is C17H32F18. The zero-order valence-electron chi connectivity index (χ0n) is 20.1. The second kappa shape index (κ2) is 30.8.